The third kappa shape index (κ3) is 3.65. The predicted octanol–water partition coefficient (Wildman–Crippen LogP) is 5.23. The Hall–Kier alpha value is 0.293. The molecule has 0 bridgehead atoms. The molecule has 0 aliphatic rings. The summed E-state index contributed by atoms with van der Waals surface area (Å²) in [6.07, 6.45) is 0. The van der Waals surface area contributed by atoms with Crippen molar-refractivity contribution < 1.29 is 20.8 Å². The van der Waals surface area contributed by atoms with Crippen molar-refractivity contribution in [1.29, 1.82) is 0 Å². The van der Waals surface area contributed by atoms with E-state index in [0.29, 0.717) is 0 Å². The van der Waals surface area contributed by atoms with Crippen molar-refractivity contribution in [3.8, 4) is 0 Å². The van der Waals surface area contributed by atoms with E-state index in [1.54, 1.807) is 0 Å². The van der Waals surface area contributed by atoms with Gasteiger partial charge in [-0.1, -0.05) is 32.3 Å². The van der Waals surface area contributed by atoms with Gasteiger partial charge in [-0.3, -0.25) is 0 Å². The first-order valence-electron chi connectivity index (χ1n) is 5.12. The summed E-state index contributed by atoms with van der Waals surface area (Å²) < 4.78 is 0. The first kappa shape index (κ1) is 14.4. The zero-order valence-corrected chi connectivity index (χ0v) is 13.7. The minimum atomic E-state index is -0.826. The van der Waals surface area contributed by atoms with Crippen molar-refractivity contribution in [3.63, 3.8) is 0 Å². The van der Waals surface area contributed by atoms with Crippen molar-refractivity contribution in [3.05, 3.63) is 42.0 Å². The molecule has 0 atom stereocenters. The first-order chi connectivity index (χ1) is 7.50. The molecule has 0 nitrogen and oxygen atoms in total. The molecule has 86 valence electrons. The zero-order valence-electron chi connectivity index (χ0n) is 9.72. The van der Waals surface area contributed by atoms with Crippen LogP contribution in [0.15, 0.2) is 36.4 Å². The van der Waals surface area contributed by atoms with Gasteiger partial charge in [-0.15, -0.1) is 46.7 Å². The van der Waals surface area contributed by atoms with Crippen molar-refractivity contribution in [2.75, 3.05) is 0 Å². The molecule has 0 aliphatic carbocycles. The van der Waals surface area contributed by atoms with Gasteiger partial charge in [0.1, 0.15) is 0 Å². The van der Waals surface area contributed by atoms with Crippen LogP contribution in [-0.4, -0.2) is 0 Å². The van der Waals surface area contributed by atoms with Crippen LogP contribution in [0.25, 0.3) is 10.8 Å². The van der Waals surface area contributed by atoms with Crippen LogP contribution in [0.3, 0.4) is 0 Å². The summed E-state index contributed by atoms with van der Waals surface area (Å²) in [6.45, 7) is 6.78. The van der Waals surface area contributed by atoms with E-state index in [1.165, 1.54) is 16.3 Å². The van der Waals surface area contributed by atoms with Gasteiger partial charge in [0.15, 0.2) is 0 Å². The molecule has 2 rings (SSSR count). The van der Waals surface area contributed by atoms with Crippen molar-refractivity contribution >= 4 is 27.8 Å². The van der Waals surface area contributed by atoms with Crippen molar-refractivity contribution in [2.45, 2.75) is 26.2 Å². The molecule has 0 radical (unpaired) electrons. The standard InChI is InChI=1S/C13H15.2ClH.Zr/c1-13(2,3)12-9-8-10-6-4-5-7-11(10)12;;;/h4-9H,1-3H3;2*1H;/q-1;;;+2/p-2. The molecule has 0 unspecified atom stereocenters. The third-order valence-corrected chi connectivity index (χ3v) is 2.49. The topological polar surface area (TPSA) is 0 Å². The van der Waals surface area contributed by atoms with Crippen LogP contribution in [0.5, 0.6) is 0 Å². The molecular formula is C13H15Cl2Zr-. The van der Waals surface area contributed by atoms with E-state index in [4.69, 9.17) is 17.0 Å². The third-order valence-electron chi connectivity index (χ3n) is 2.49. The Kier molecular flexibility index (Phi) is 5.64. The minimum absolute atomic E-state index is 0.253. The normalized spacial score (nSPS) is 10.8. The van der Waals surface area contributed by atoms with Gasteiger partial charge in [0.25, 0.3) is 0 Å². The molecule has 3 heteroatoms. The Morgan fingerprint density at radius 1 is 1.12 bits per heavy atom. The summed E-state index contributed by atoms with van der Waals surface area (Å²) >= 11 is -0.826. The molecule has 0 N–H and O–H groups in total. The van der Waals surface area contributed by atoms with Gasteiger partial charge in [0.05, 0.1) is 0 Å². The fourth-order valence-electron chi connectivity index (χ4n) is 1.80. The fourth-order valence-corrected chi connectivity index (χ4v) is 1.80. The number of benzene rings is 1. The summed E-state index contributed by atoms with van der Waals surface area (Å²) in [5.74, 6) is 0. The number of hydrogen-bond acceptors (Lipinski definition) is 0. The van der Waals surface area contributed by atoms with Gasteiger partial charge < -0.3 is 0 Å². The van der Waals surface area contributed by atoms with Gasteiger partial charge in [-0.25, -0.2) is 0 Å². The molecule has 0 fully saturated rings. The van der Waals surface area contributed by atoms with Crippen molar-refractivity contribution in [2.24, 2.45) is 0 Å². The number of halogens is 2. The second kappa shape index (κ2) is 6.29. The number of rotatable bonds is 0. The molecule has 0 spiro atoms. The molecule has 0 heterocycles. The van der Waals surface area contributed by atoms with Gasteiger partial charge in [-0.05, 0) is 0 Å². The first-order valence-corrected chi connectivity index (χ1v) is 11.4. The molecule has 2 aromatic carbocycles. The van der Waals surface area contributed by atoms with Crippen LogP contribution in [0, 0.1) is 0 Å². The van der Waals surface area contributed by atoms with E-state index in [9.17, 15) is 0 Å². The molecular weight excluding hydrogens is 318 g/mol. The van der Waals surface area contributed by atoms with Crippen LogP contribution in [0.4, 0.5) is 0 Å². The SMILES string of the molecule is CC(C)(C)c1c[cH-]c2ccccc12.[Cl][Zr][Cl]. The van der Waals surface area contributed by atoms with Gasteiger partial charge in [-0.2, -0.15) is 0 Å². The fraction of sp³-hybridized carbons (Fsp3) is 0.308. The molecule has 2 aromatic rings. The Morgan fingerprint density at radius 3 is 2.25 bits per heavy atom. The summed E-state index contributed by atoms with van der Waals surface area (Å²) in [5, 5.41) is 2.75. The zero-order chi connectivity index (χ0) is 12.2. The Balaban J connectivity index is 0.000000386. The Morgan fingerprint density at radius 2 is 1.69 bits per heavy atom. The molecule has 0 saturated carbocycles. The van der Waals surface area contributed by atoms with Crippen LogP contribution in [0.2, 0.25) is 0 Å². The maximum atomic E-state index is 4.93. The second-order valence-electron chi connectivity index (χ2n) is 4.66. The van der Waals surface area contributed by atoms with E-state index in [1.807, 2.05) is 0 Å². The van der Waals surface area contributed by atoms with E-state index in [2.05, 4.69) is 57.2 Å². The van der Waals surface area contributed by atoms with E-state index in [-0.39, 0.29) is 5.41 Å². The summed E-state index contributed by atoms with van der Waals surface area (Å²) in [7, 11) is 9.87. The predicted molar refractivity (Wildman–Crippen MR) is 69.9 cm³/mol. The van der Waals surface area contributed by atoms with Crippen LogP contribution >= 0.6 is 17.0 Å². The average Bonchev–Trinajstić information content (AvgIpc) is 2.61. The van der Waals surface area contributed by atoms with Gasteiger partial charge >= 0.3 is 37.9 Å². The Bertz CT molecular complexity index is 440. The van der Waals surface area contributed by atoms with Gasteiger partial charge in [0, 0.05) is 0 Å². The van der Waals surface area contributed by atoms with Gasteiger partial charge in [0.2, 0.25) is 0 Å². The summed E-state index contributed by atoms with van der Waals surface area (Å²) in [5.41, 5.74) is 1.70. The van der Waals surface area contributed by atoms with Crippen molar-refractivity contribution in [1.82, 2.24) is 0 Å². The maximum absolute atomic E-state index is 4.93. The Labute approximate surface area is 116 Å². The van der Waals surface area contributed by atoms with E-state index in [0.717, 1.165) is 0 Å². The van der Waals surface area contributed by atoms with E-state index >= 15 is 0 Å². The van der Waals surface area contributed by atoms with Crippen LogP contribution in [-0.2, 0) is 26.3 Å². The number of fused-ring (bicyclic) bond motifs is 1. The summed E-state index contributed by atoms with van der Waals surface area (Å²) in [4.78, 5) is 0. The molecule has 0 amide bonds. The summed E-state index contributed by atoms with van der Waals surface area (Å²) in [6, 6.07) is 13.0. The van der Waals surface area contributed by atoms with Crippen LogP contribution < -0.4 is 0 Å². The monoisotopic (exact) mass is 331 g/mol. The molecule has 0 aliphatic heterocycles. The molecule has 0 aromatic heterocycles. The quantitative estimate of drug-likeness (QED) is 0.579. The molecule has 0 saturated heterocycles. The van der Waals surface area contributed by atoms with Crippen LogP contribution in [0.1, 0.15) is 26.3 Å². The molecule has 16 heavy (non-hydrogen) atoms. The second-order valence-corrected chi connectivity index (χ2v) is 8.39. The average molecular weight is 333 g/mol. The number of hydrogen-bond donors (Lipinski definition) is 0. The van der Waals surface area contributed by atoms with E-state index < -0.39 is 20.8 Å².